The molecule has 2 amide bonds. The Morgan fingerprint density at radius 3 is 2.22 bits per heavy atom. The fourth-order valence-electron chi connectivity index (χ4n) is 3.77. The highest BCUT2D eigenvalue weighted by Gasteiger charge is 2.24. The molecule has 0 radical (unpaired) electrons. The first-order valence-electron chi connectivity index (χ1n) is 11.4. The number of hydrogen-bond donors (Lipinski definition) is 1. The van der Waals surface area contributed by atoms with E-state index < -0.39 is 0 Å². The van der Waals surface area contributed by atoms with Gasteiger partial charge in [0, 0.05) is 77.7 Å². The van der Waals surface area contributed by atoms with Gasteiger partial charge in [-0.1, -0.05) is 0 Å². The quantitative estimate of drug-likeness (QED) is 0.490. The Labute approximate surface area is 189 Å². The topological polar surface area (TPSA) is 106 Å². The Bertz CT molecular complexity index is 760. The third kappa shape index (κ3) is 6.44. The van der Waals surface area contributed by atoms with E-state index in [1.54, 1.807) is 23.4 Å². The highest BCUT2D eigenvalue weighted by molar-refractivity contribution is 5.81. The van der Waals surface area contributed by atoms with E-state index in [0.717, 1.165) is 25.6 Å². The van der Waals surface area contributed by atoms with E-state index in [2.05, 4.69) is 30.1 Å². The summed E-state index contributed by atoms with van der Waals surface area (Å²) in [6.45, 7) is 10.7. The molecule has 3 rings (SSSR count). The highest BCUT2D eigenvalue weighted by atomic mass is 16.6. The summed E-state index contributed by atoms with van der Waals surface area (Å²) in [4.78, 5) is 45.6. The lowest BCUT2D eigenvalue weighted by molar-refractivity contribution is -0.131. The number of hydrogen-bond acceptors (Lipinski definition) is 7. The van der Waals surface area contributed by atoms with Gasteiger partial charge in [0.1, 0.15) is 0 Å². The van der Waals surface area contributed by atoms with Gasteiger partial charge in [-0.05, 0) is 19.9 Å². The predicted molar refractivity (Wildman–Crippen MR) is 122 cm³/mol. The van der Waals surface area contributed by atoms with Gasteiger partial charge in [0.25, 0.3) is 0 Å². The van der Waals surface area contributed by atoms with Crippen molar-refractivity contribution in [1.29, 1.82) is 0 Å². The Kier molecular flexibility index (Phi) is 8.88. The number of nitrogens with one attached hydrogen (secondary N) is 1. The number of aromatic nitrogens is 2. The third-order valence-corrected chi connectivity index (χ3v) is 5.49. The van der Waals surface area contributed by atoms with Crippen LogP contribution in [-0.4, -0.2) is 115 Å². The number of rotatable bonds is 6. The summed E-state index contributed by atoms with van der Waals surface area (Å²) in [7, 11) is 0. The van der Waals surface area contributed by atoms with Crippen LogP contribution in [0.2, 0.25) is 0 Å². The number of nitrogens with zero attached hydrogens (tertiary/aromatic N) is 7. The molecule has 0 saturated carbocycles. The molecule has 2 saturated heterocycles. The van der Waals surface area contributed by atoms with Crippen LogP contribution in [0, 0.1) is 0 Å². The molecule has 0 spiro atoms. The normalized spacial score (nSPS) is 17.4. The van der Waals surface area contributed by atoms with E-state index in [9.17, 15) is 9.59 Å². The minimum Gasteiger partial charge on any atom is -0.450 e. The molecule has 0 aliphatic carbocycles. The van der Waals surface area contributed by atoms with Crippen molar-refractivity contribution in [3.63, 3.8) is 0 Å². The number of guanidine groups is 1. The highest BCUT2D eigenvalue weighted by Crippen LogP contribution is 2.11. The van der Waals surface area contributed by atoms with E-state index in [0.29, 0.717) is 64.8 Å². The van der Waals surface area contributed by atoms with Gasteiger partial charge in [0.15, 0.2) is 5.96 Å². The molecule has 11 heteroatoms. The summed E-state index contributed by atoms with van der Waals surface area (Å²) in [6, 6.07) is 1.80. The fraction of sp³-hybridized carbons (Fsp3) is 0.667. The summed E-state index contributed by atoms with van der Waals surface area (Å²) in [6.07, 6.45) is 3.57. The maximum atomic E-state index is 12.7. The Balaban J connectivity index is 1.44. The predicted octanol–water partition coefficient (Wildman–Crippen LogP) is 0.255. The lowest BCUT2D eigenvalue weighted by Gasteiger charge is -2.36. The van der Waals surface area contributed by atoms with Gasteiger partial charge in [-0.2, -0.15) is 0 Å². The van der Waals surface area contributed by atoms with Crippen molar-refractivity contribution >= 4 is 23.9 Å². The average Bonchev–Trinajstić information content (AvgIpc) is 2.84. The summed E-state index contributed by atoms with van der Waals surface area (Å²) < 4.78 is 5.08. The molecule has 0 unspecified atom stereocenters. The number of piperazine rings is 2. The van der Waals surface area contributed by atoms with Gasteiger partial charge in [-0.25, -0.2) is 14.8 Å². The number of amides is 2. The number of carbonyl (C=O) groups is 2. The zero-order chi connectivity index (χ0) is 22.8. The molecule has 11 nitrogen and oxygen atoms in total. The van der Waals surface area contributed by atoms with Crippen molar-refractivity contribution < 1.29 is 14.3 Å². The largest absolute Gasteiger partial charge is 0.450 e. The van der Waals surface area contributed by atoms with Gasteiger partial charge in [-0.15, -0.1) is 0 Å². The Hall–Kier alpha value is -3.11. The van der Waals surface area contributed by atoms with Gasteiger partial charge in [-0.3, -0.25) is 9.79 Å². The van der Waals surface area contributed by atoms with Crippen molar-refractivity contribution in [2.45, 2.75) is 20.3 Å². The van der Waals surface area contributed by atoms with Gasteiger partial charge in [0.05, 0.1) is 13.2 Å². The molecule has 32 heavy (non-hydrogen) atoms. The average molecular weight is 447 g/mol. The van der Waals surface area contributed by atoms with Crippen molar-refractivity contribution in [1.82, 2.24) is 30.0 Å². The number of ether oxygens (including phenoxy) is 1. The monoisotopic (exact) mass is 446 g/mol. The summed E-state index contributed by atoms with van der Waals surface area (Å²) in [5.41, 5.74) is 0. The first-order chi connectivity index (χ1) is 15.6. The van der Waals surface area contributed by atoms with Crippen molar-refractivity contribution in [2.24, 2.45) is 4.99 Å². The molecular formula is C21H34N8O3. The molecule has 1 aromatic rings. The minimum absolute atomic E-state index is 0.116. The standard InChI is InChI=1S/C21H34N8O3/c1-3-22-19(27-14-16-29(17-15-27)21(31)32-4-2)25-9-6-18(30)26-10-12-28(13-11-26)20-23-7-5-8-24-20/h5,7-8H,3-4,6,9-17H2,1-2H3,(H,22,25). The van der Waals surface area contributed by atoms with Crippen LogP contribution in [-0.2, 0) is 9.53 Å². The molecular weight excluding hydrogens is 412 g/mol. The molecule has 2 aliphatic rings. The SMILES string of the molecule is CCNC(=NCCC(=O)N1CCN(c2ncccn2)CC1)N1CCN(C(=O)OCC)CC1. The van der Waals surface area contributed by atoms with Crippen molar-refractivity contribution in [3.05, 3.63) is 18.5 Å². The second kappa shape index (κ2) is 12.1. The summed E-state index contributed by atoms with van der Waals surface area (Å²) >= 11 is 0. The lowest BCUT2D eigenvalue weighted by atomic mass is 10.3. The maximum Gasteiger partial charge on any atom is 0.409 e. The van der Waals surface area contributed by atoms with Crippen LogP contribution in [0.3, 0.4) is 0 Å². The van der Waals surface area contributed by atoms with Crippen LogP contribution in [0.4, 0.5) is 10.7 Å². The van der Waals surface area contributed by atoms with Crippen LogP contribution in [0.1, 0.15) is 20.3 Å². The second-order valence-electron chi connectivity index (χ2n) is 7.58. The molecule has 0 atom stereocenters. The summed E-state index contributed by atoms with van der Waals surface area (Å²) in [5, 5.41) is 3.29. The van der Waals surface area contributed by atoms with Crippen LogP contribution < -0.4 is 10.2 Å². The third-order valence-electron chi connectivity index (χ3n) is 5.49. The Morgan fingerprint density at radius 1 is 0.969 bits per heavy atom. The van der Waals surface area contributed by atoms with Gasteiger partial charge < -0.3 is 29.7 Å². The van der Waals surface area contributed by atoms with Crippen LogP contribution in [0.15, 0.2) is 23.5 Å². The second-order valence-corrected chi connectivity index (χ2v) is 7.58. The molecule has 1 aromatic heterocycles. The van der Waals surface area contributed by atoms with Crippen LogP contribution in [0.25, 0.3) is 0 Å². The van der Waals surface area contributed by atoms with E-state index >= 15 is 0 Å². The van der Waals surface area contributed by atoms with Gasteiger partial charge in [0.2, 0.25) is 11.9 Å². The first kappa shape index (κ1) is 23.6. The van der Waals surface area contributed by atoms with E-state index in [1.165, 1.54) is 0 Å². The van der Waals surface area contributed by atoms with E-state index in [1.807, 2.05) is 18.7 Å². The molecule has 0 bridgehead atoms. The van der Waals surface area contributed by atoms with E-state index in [4.69, 9.17) is 4.74 Å². The van der Waals surface area contributed by atoms with Gasteiger partial charge >= 0.3 is 6.09 Å². The van der Waals surface area contributed by atoms with E-state index in [-0.39, 0.29) is 12.0 Å². The smallest absolute Gasteiger partial charge is 0.409 e. The molecule has 1 N–H and O–H groups in total. The first-order valence-corrected chi connectivity index (χ1v) is 11.4. The number of anilines is 1. The molecule has 2 fully saturated rings. The van der Waals surface area contributed by atoms with Crippen LogP contribution >= 0.6 is 0 Å². The van der Waals surface area contributed by atoms with Crippen molar-refractivity contribution in [2.75, 3.05) is 77.0 Å². The molecule has 176 valence electrons. The Morgan fingerprint density at radius 2 is 1.59 bits per heavy atom. The lowest BCUT2D eigenvalue weighted by Crippen LogP contribution is -2.54. The fourth-order valence-corrected chi connectivity index (χ4v) is 3.77. The molecule has 2 aliphatic heterocycles. The zero-order valence-electron chi connectivity index (χ0n) is 19.1. The zero-order valence-corrected chi connectivity index (χ0v) is 19.1. The maximum absolute atomic E-state index is 12.7. The number of carbonyl (C=O) groups excluding carboxylic acids is 2. The molecule has 3 heterocycles. The minimum atomic E-state index is -0.265. The summed E-state index contributed by atoms with van der Waals surface area (Å²) in [5.74, 6) is 1.61. The molecule has 0 aromatic carbocycles. The van der Waals surface area contributed by atoms with Crippen LogP contribution in [0.5, 0.6) is 0 Å². The number of aliphatic imine (C=N–C) groups is 1. The van der Waals surface area contributed by atoms with Crippen molar-refractivity contribution in [3.8, 4) is 0 Å².